The number of rotatable bonds is 4. The highest BCUT2D eigenvalue weighted by atomic mass is 79.9. The average molecular weight is 352 g/mol. The molecule has 2 aromatic rings. The second-order valence-electron chi connectivity index (χ2n) is 5.28. The number of methoxy groups -OCH3 is 1. The summed E-state index contributed by atoms with van der Waals surface area (Å²) in [6.45, 7) is 0.250. The quantitative estimate of drug-likeness (QED) is 0.910. The zero-order chi connectivity index (χ0) is 14.8. The van der Waals surface area contributed by atoms with Gasteiger partial charge in [-0.2, -0.15) is 4.98 Å². The van der Waals surface area contributed by atoms with Crippen LogP contribution in [0, 0.1) is 0 Å². The SMILES string of the molecule is COc1c(Br)cc(-c2noc(CN)n2)cc1C1CCCC1. The first kappa shape index (κ1) is 14.5. The molecular weight excluding hydrogens is 334 g/mol. The summed E-state index contributed by atoms with van der Waals surface area (Å²) in [6.07, 6.45) is 4.95. The highest BCUT2D eigenvalue weighted by Gasteiger charge is 2.23. The zero-order valence-corrected chi connectivity index (χ0v) is 13.5. The fourth-order valence-electron chi connectivity index (χ4n) is 2.95. The van der Waals surface area contributed by atoms with Gasteiger partial charge in [-0.15, -0.1) is 0 Å². The van der Waals surface area contributed by atoms with Crippen LogP contribution < -0.4 is 10.5 Å². The molecule has 3 rings (SSSR count). The van der Waals surface area contributed by atoms with E-state index in [0.29, 0.717) is 17.6 Å². The van der Waals surface area contributed by atoms with Crippen LogP contribution in [0.1, 0.15) is 43.1 Å². The molecule has 0 unspecified atom stereocenters. The summed E-state index contributed by atoms with van der Waals surface area (Å²) in [6, 6.07) is 4.08. The third-order valence-electron chi connectivity index (χ3n) is 3.97. The molecule has 0 radical (unpaired) electrons. The predicted octanol–water partition coefficient (Wildman–Crippen LogP) is 3.62. The molecule has 0 spiro atoms. The first-order valence-electron chi connectivity index (χ1n) is 7.13. The van der Waals surface area contributed by atoms with E-state index in [4.69, 9.17) is 15.0 Å². The second kappa shape index (κ2) is 6.15. The topological polar surface area (TPSA) is 74.2 Å². The molecule has 1 saturated carbocycles. The van der Waals surface area contributed by atoms with Gasteiger partial charge in [0.2, 0.25) is 11.7 Å². The molecule has 21 heavy (non-hydrogen) atoms. The van der Waals surface area contributed by atoms with E-state index in [1.807, 2.05) is 6.07 Å². The number of ether oxygens (including phenoxy) is 1. The van der Waals surface area contributed by atoms with E-state index < -0.39 is 0 Å². The summed E-state index contributed by atoms with van der Waals surface area (Å²) >= 11 is 3.59. The standard InChI is InChI=1S/C15H18BrN3O2/c1-20-14-11(9-4-2-3-5-9)6-10(7-12(14)16)15-18-13(8-17)21-19-15/h6-7,9H,2-5,8,17H2,1H3. The Morgan fingerprint density at radius 2 is 2.14 bits per heavy atom. The number of hydrogen-bond acceptors (Lipinski definition) is 5. The summed E-state index contributed by atoms with van der Waals surface area (Å²) < 4.78 is 11.6. The van der Waals surface area contributed by atoms with Crippen LogP contribution in [0.25, 0.3) is 11.4 Å². The predicted molar refractivity (Wildman–Crippen MR) is 83.1 cm³/mol. The van der Waals surface area contributed by atoms with Gasteiger partial charge in [0, 0.05) is 5.56 Å². The third-order valence-corrected chi connectivity index (χ3v) is 4.56. The molecule has 1 fully saturated rings. The van der Waals surface area contributed by atoms with E-state index in [1.165, 1.54) is 31.2 Å². The Labute approximate surface area is 132 Å². The molecule has 0 saturated heterocycles. The molecule has 6 heteroatoms. The van der Waals surface area contributed by atoms with Crippen molar-refractivity contribution in [3.05, 3.63) is 28.1 Å². The van der Waals surface area contributed by atoms with Crippen LogP contribution in [-0.4, -0.2) is 17.3 Å². The van der Waals surface area contributed by atoms with Gasteiger partial charge < -0.3 is 15.0 Å². The van der Waals surface area contributed by atoms with E-state index >= 15 is 0 Å². The van der Waals surface area contributed by atoms with Crippen molar-refractivity contribution >= 4 is 15.9 Å². The largest absolute Gasteiger partial charge is 0.495 e. The average Bonchev–Trinajstić information content (AvgIpc) is 3.17. The van der Waals surface area contributed by atoms with E-state index in [-0.39, 0.29) is 6.54 Å². The molecule has 0 aliphatic heterocycles. The van der Waals surface area contributed by atoms with Crippen molar-refractivity contribution in [1.29, 1.82) is 0 Å². The van der Waals surface area contributed by atoms with E-state index in [9.17, 15) is 0 Å². The summed E-state index contributed by atoms with van der Waals surface area (Å²) in [5.74, 6) is 2.46. The smallest absolute Gasteiger partial charge is 0.240 e. The van der Waals surface area contributed by atoms with Crippen LogP contribution >= 0.6 is 15.9 Å². The van der Waals surface area contributed by atoms with Gasteiger partial charge in [-0.25, -0.2) is 0 Å². The first-order valence-corrected chi connectivity index (χ1v) is 7.92. The molecular formula is C15H18BrN3O2. The fourth-order valence-corrected chi connectivity index (χ4v) is 3.59. The molecule has 0 amide bonds. The van der Waals surface area contributed by atoms with Crippen LogP contribution in [0.15, 0.2) is 21.1 Å². The Morgan fingerprint density at radius 1 is 1.38 bits per heavy atom. The number of aromatic nitrogens is 2. The maximum atomic E-state index is 5.57. The Balaban J connectivity index is 2.05. The highest BCUT2D eigenvalue weighted by molar-refractivity contribution is 9.10. The molecule has 112 valence electrons. The molecule has 1 aromatic carbocycles. The number of benzene rings is 1. The van der Waals surface area contributed by atoms with Crippen LogP contribution in [0.2, 0.25) is 0 Å². The Hall–Kier alpha value is -1.40. The van der Waals surface area contributed by atoms with Crippen molar-refractivity contribution in [2.24, 2.45) is 5.73 Å². The van der Waals surface area contributed by atoms with Gasteiger partial charge >= 0.3 is 0 Å². The maximum Gasteiger partial charge on any atom is 0.240 e. The van der Waals surface area contributed by atoms with Gasteiger partial charge in [-0.3, -0.25) is 0 Å². The molecule has 1 aromatic heterocycles. The second-order valence-corrected chi connectivity index (χ2v) is 6.13. The molecule has 1 aliphatic rings. The van der Waals surface area contributed by atoms with Gasteiger partial charge in [0.1, 0.15) is 5.75 Å². The van der Waals surface area contributed by atoms with E-state index in [0.717, 1.165) is 15.8 Å². The Morgan fingerprint density at radius 3 is 2.76 bits per heavy atom. The van der Waals surface area contributed by atoms with Crippen molar-refractivity contribution in [3.8, 4) is 17.1 Å². The molecule has 1 aliphatic carbocycles. The number of nitrogens with two attached hydrogens (primary N) is 1. The molecule has 1 heterocycles. The summed E-state index contributed by atoms with van der Waals surface area (Å²) in [5, 5.41) is 3.99. The lowest BCUT2D eigenvalue weighted by Gasteiger charge is -2.17. The molecule has 0 bridgehead atoms. The van der Waals surface area contributed by atoms with Crippen molar-refractivity contribution in [3.63, 3.8) is 0 Å². The lowest BCUT2D eigenvalue weighted by Crippen LogP contribution is -2.00. The number of halogens is 1. The molecule has 2 N–H and O–H groups in total. The highest BCUT2D eigenvalue weighted by Crippen LogP contribution is 2.43. The van der Waals surface area contributed by atoms with Crippen LogP contribution in [-0.2, 0) is 6.54 Å². The van der Waals surface area contributed by atoms with Gasteiger partial charge in [-0.1, -0.05) is 18.0 Å². The Bertz CT molecular complexity index is 636. The fraction of sp³-hybridized carbons (Fsp3) is 0.467. The number of nitrogens with zero attached hydrogens (tertiary/aromatic N) is 2. The lowest BCUT2D eigenvalue weighted by atomic mass is 9.94. The van der Waals surface area contributed by atoms with Crippen molar-refractivity contribution < 1.29 is 9.26 Å². The minimum atomic E-state index is 0.250. The Kier molecular flexibility index (Phi) is 4.26. The zero-order valence-electron chi connectivity index (χ0n) is 11.9. The first-order chi connectivity index (χ1) is 10.2. The van der Waals surface area contributed by atoms with Crippen LogP contribution in [0.4, 0.5) is 0 Å². The lowest BCUT2D eigenvalue weighted by molar-refractivity contribution is 0.380. The van der Waals surface area contributed by atoms with Crippen molar-refractivity contribution in [2.75, 3.05) is 7.11 Å². The summed E-state index contributed by atoms with van der Waals surface area (Å²) in [4.78, 5) is 4.30. The van der Waals surface area contributed by atoms with E-state index in [1.54, 1.807) is 7.11 Å². The van der Waals surface area contributed by atoms with Gasteiger partial charge in [0.05, 0.1) is 18.1 Å². The van der Waals surface area contributed by atoms with Crippen molar-refractivity contribution in [2.45, 2.75) is 38.1 Å². The van der Waals surface area contributed by atoms with Gasteiger partial charge in [0.25, 0.3) is 0 Å². The van der Waals surface area contributed by atoms with Gasteiger partial charge in [-0.05, 0) is 52.4 Å². The normalized spacial score (nSPS) is 15.6. The minimum absolute atomic E-state index is 0.250. The summed E-state index contributed by atoms with van der Waals surface area (Å²) in [7, 11) is 1.71. The van der Waals surface area contributed by atoms with Crippen molar-refractivity contribution in [1.82, 2.24) is 10.1 Å². The summed E-state index contributed by atoms with van der Waals surface area (Å²) in [5.41, 5.74) is 7.67. The monoisotopic (exact) mass is 351 g/mol. The van der Waals surface area contributed by atoms with Crippen LogP contribution in [0.3, 0.4) is 0 Å². The maximum absolute atomic E-state index is 5.57. The molecule has 0 atom stereocenters. The van der Waals surface area contributed by atoms with Crippen LogP contribution in [0.5, 0.6) is 5.75 Å². The molecule has 5 nitrogen and oxygen atoms in total. The van der Waals surface area contributed by atoms with E-state index in [2.05, 4.69) is 32.1 Å². The van der Waals surface area contributed by atoms with Gasteiger partial charge in [0.15, 0.2) is 0 Å². The number of hydrogen-bond donors (Lipinski definition) is 1. The minimum Gasteiger partial charge on any atom is -0.495 e. The third kappa shape index (κ3) is 2.82.